The molecule has 0 N–H and O–H groups in total. The number of pyridine rings is 1. The molecule has 1 amide bonds. The smallest absolute Gasteiger partial charge is 0.246 e. The molecule has 4 aromatic heterocycles. The number of amides is 1. The summed E-state index contributed by atoms with van der Waals surface area (Å²) in [4.78, 5) is 24.2. The fourth-order valence-electron chi connectivity index (χ4n) is 6.34. The fourth-order valence-corrected chi connectivity index (χ4v) is 7.29. The van der Waals surface area contributed by atoms with E-state index in [0.717, 1.165) is 38.4 Å². The highest BCUT2D eigenvalue weighted by Gasteiger charge is 2.34. The number of fused-ring (bicyclic) bond motifs is 3. The summed E-state index contributed by atoms with van der Waals surface area (Å²) in [6.45, 7) is 8.37. The molecule has 1 aliphatic heterocycles. The van der Waals surface area contributed by atoms with E-state index in [1.807, 2.05) is 65.9 Å². The first kappa shape index (κ1) is 30.7. The minimum Gasteiger partial charge on any atom is -0.490 e. The van der Waals surface area contributed by atoms with Crippen LogP contribution in [-0.2, 0) is 16.6 Å². The van der Waals surface area contributed by atoms with Crippen molar-refractivity contribution in [3.05, 3.63) is 84.2 Å². The Balaban J connectivity index is 1.52. The van der Waals surface area contributed by atoms with E-state index in [2.05, 4.69) is 11.6 Å². The Hall–Kier alpha value is -4.94. The van der Waals surface area contributed by atoms with Crippen LogP contribution in [-0.4, -0.2) is 62.0 Å². The predicted octanol–water partition coefficient (Wildman–Crippen LogP) is 7.33. The number of benzene rings is 2. The number of carbonyl (C=O) groups excluding carboxylic acids is 1. The van der Waals surface area contributed by atoms with E-state index in [9.17, 15) is 9.18 Å². The number of aromatic nitrogens is 5. The van der Waals surface area contributed by atoms with E-state index in [1.54, 1.807) is 11.2 Å². The highest BCUT2D eigenvalue weighted by molar-refractivity contribution is 7.18. The summed E-state index contributed by atoms with van der Waals surface area (Å²) in [7, 11) is 3.46. The zero-order valence-corrected chi connectivity index (χ0v) is 27.1. The van der Waals surface area contributed by atoms with Crippen molar-refractivity contribution in [2.75, 3.05) is 26.9 Å². The van der Waals surface area contributed by atoms with Crippen molar-refractivity contribution >= 4 is 38.4 Å². The molecule has 0 saturated heterocycles. The Labute approximate surface area is 273 Å². The van der Waals surface area contributed by atoms with Gasteiger partial charge in [0.25, 0.3) is 0 Å². The van der Waals surface area contributed by atoms with Crippen molar-refractivity contribution in [1.82, 2.24) is 29.2 Å². The van der Waals surface area contributed by atoms with Gasteiger partial charge in [0.2, 0.25) is 5.91 Å². The first-order chi connectivity index (χ1) is 22.7. The molecule has 5 heterocycles. The second kappa shape index (κ2) is 12.0. The molecular formula is C35H32F2N6O3S. The maximum Gasteiger partial charge on any atom is 0.246 e. The number of methoxy groups -OCH3 is 1. The van der Waals surface area contributed by atoms with Gasteiger partial charge in [-0.05, 0) is 49.6 Å². The van der Waals surface area contributed by atoms with Gasteiger partial charge in [-0.2, -0.15) is 5.10 Å². The number of carbonyl (C=O) groups is 1. The van der Waals surface area contributed by atoms with Crippen LogP contribution in [0, 0.1) is 11.6 Å². The zero-order chi connectivity index (χ0) is 33.0. The number of ether oxygens (including phenoxy) is 2. The molecule has 9 nitrogen and oxygen atoms in total. The van der Waals surface area contributed by atoms with Crippen LogP contribution >= 0.6 is 11.3 Å². The fraction of sp³-hybridized carbons (Fsp3) is 0.257. The standard InChI is InChI=1S/C35H32F2N6O3S/c1-6-30(44)42-17-19(2)43-27(20(42)3)16-26(40-43)34-32(31-24(37)14-22(36)15-29(31)46-11-10-45-5)35-23(9-12-47-35)33(39-34)21-7-8-25-28(13-21)41(4)18-38-25/h6-9,12-16,18-20H,1,10-11,17H2,2-5H3/t19-,20-/m0/s1. The van der Waals surface area contributed by atoms with Crippen LogP contribution in [0.3, 0.4) is 0 Å². The van der Waals surface area contributed by atoms with Crippen LogP contribution in [0.25, 0.3) is 54.9 Å². The van der Waals surface area contributed by atoms with Gasteiger partial charge in [-0.3, -0.25) is 9.48 Å². The van der Waals surface area contributed by atoms with Gasteiger partial charge in [0.15, 0.2) is 0 Å². The van der Waals surface area contributed by atoms with Crippen LogP contribution in [0.5, 0.6) is 5.75 Å². The SMILES string of the molecule is C=CC(=O)N1C[C@H](C)n2nc(-c3nc(-c4ccc5ncn(C)c5c4)c4ccsc4c3-c3c(F)cc(F)cc3OCCOC)cc2[C@@H]1C. The maximum atomic E-state index is 16.1. The van der Waals surface area contributed by atoms with E-state index in [1.165, 1.54) is 30.6 Å². The van der Waals surface area contributed by atoms with Crippen molar-refractivity contribution in [1.29, 1.82) is 0 Å². The van der Waals surface area contributed by atoms with Crippen LogP contribution < -0.4 is 4.74 Å². The quantitative estimate of drug-likeness (QED) is 0.126. The Bertz CT molecular complexity index is 2190. The molecule has 2 atom stereocenters. The molecule has 0 bridgehead atoms. The third-order valence-electron chi connectivity index (χ3n) is 8.66. The van der Waals surface area contributed by atoms with E-state index < -0.39 is 11.6 Å². The van der Waals surface area contributed by atoms with Gasteiger partial charge >= 0.3 is 0 Å². The van der Waals surface area contributed by atoms with Gasteiger partial charge < -0.3 is 18.9 Å². The molecule has 47 heavy (non-hydrogen) atoms. The van der Waals surface area contributed by atoms with Crippen LogP contribution in [0.4, 0.5) is 8.78 Å². The van der Waals surface area contributed by atoms with Gasteiger partial charge in [0.05, 0.1) is 53.0 Å². The van der Waals surface area contributed by atoms with Crippen molar-refractivity contribution in [3.63, 3.8) is 0 Å². The lowest BCUT2D eigenvalue weighted by atomic mass is 9.96. The molecule has 0 spiro atoms. The van der Waals surface area contributed by atoms with Crippen LogP contribution in [0.2, 0.25) is 0 Å². The summed E-state index contributed by atoms with van der Waals surface area (Å²) in [5.74, 6) is -1.68. The lowest BCUT2D eigenvalue weighted by Gasteiger charge is -2.36. The molecule has 1 aliphatic rings. The molecule has 240 valence electrons. The van der Waals surface area contributed by atoms with E-state index in [0.29, 0.717) is 29.2 Å². The number of nitrogens with zero attached hydrogens (tertiary/aromatic N) is 6. The molecule has 0 aliphatic carbocycles. The monoisotopic (exact) mass is 654 g/mol. The largest absolute Gasteiger partial charge is 0.490 e. The lowest BCUT2D eigenvalue weighted by molar-refractivity contribution is -0.129. The first-order valence-corrected chi connectivity index (χ1v) is 16.0. The van der Waals surface area contributed by atoms with E-state index >= 15 is 4.39 Å². The summed E-state index contributed by atoms with van der Waals surface area (Å²) < 4.78 is 46.4. The second-order valence-corrected chi connectivity index (χ2v) is 12.5. The van der Waals surface area contributed by atoms with Crippen molar-refractivity contribution < 1.29 is 23.0 Å². The minimum absolute atomic E-state index is 0.0369. The molecular weight excluding hydrogens is 622 g/mol. The summed E-state index contributed by atoms with van der Waals surface area (Å²) in [5.41, 5.74) is 5.55. The summed E-state index contributed by atoms with van der Waals surface area (Å²) >= 11 is 1.43. The Morgan fingerprint density at radius 1 is 1.11 bits per heavy atom. The van der Waals surface area contributed by atoms with Crippen LogP contribution in [0.1, 0.15) is 31.6 Å². The Morgan fingerprint density at radius 2 is 1.94 bits per heavy atom. The molecule has 2 aromatic carbocycles. The molecule has 7 rings (SSSR count). The highest BCUT2D eigenvalue weighted by Crippen LogP contribution is 2.48. The lowest BCUT2D eigenvalue weighted by Crippen LogP contribution is -2.42. The van der Waals surface area contributed by atoms with Crippen LogP contribution in [0.15, 0.2) is 66.8 Å². The zero-order valence-electron chi connectivity index (χ0n) is 26.3. The van der Waals surface area contributed by atoms with Crippen molar-refractivity contribution in [2.24, 2.45) is 7.05 Å². The average molecular weight is 655 g/mol. The molecule has 0 unspecified atom stereocenters. The number of halogens is 2. The van der Waals surface area contributed by atoms with E-state index in [-0.39, 0.29) is 42.5 Å². The maximum absolute atomic E-state index is 16.1. The third kappa shape index (κ3) is 5.17. The van der Waals surface area contributed by atoms with Gasteiger partial charge in [-0.15, -0.1) is 11.3 Å². The predicted molar refractivity (Wildman–Crippen MR) is 178 cm³/mol. The number of hydrogen-bond donors (Lipinski definition) is 0. The third-order valence-corrected chi connectivity index (χ3v) is 9.59. The minimum atomic E-state index is -0.785. The first-order valence-electron chi connectivity index (χ1n) is 15.2. The number of thiophene rings is 1. The van der Waals surface area contributed by atoms with Crippen molar-refractivity contribution in [2.45, 2.75) is 25.9 Å². The molecule has 12 heteroatoms. The van der Waals surface area contributed by atoms with Gasteiger partial charge in [0, 0.05) is 54.0 Å². The molecule has 6 aromatic rings. The van der Waals surface area contributed by atoms with E-state index in [4.69, 9.17) is 19.6 Å². The van der Waals surface area contributed by atoms with Gasteiger partial charge in [0.1, 0.15) is 35.4 Å². The number of rotatable bonds is 8. The summed E-state index contributed by atoms with van der Waals surface area (Å²) in [5, 5.41) is 7.75. The normalized spacial score (nSPS) is 16.2. The number of imidazole rings is 1. The number of aryl methyl sites for hydroxylation is 1. The van der Waals surface area contributed by atoms with Gasteiger partial charge in [-0.25, -0.2) is 18.7 Å². The Morgan fingerprint density at radius 3 is 2.72 bits per heavy atom. The molecule has 0 fully saturated rings. The molecule has 0 radical (unpaired) electrons. The topological polar surface area (TPSA) is 87.3 Å². The highest BCUT2D eigenvalue weighted by atomic mass is 32.1. The molecule has 0 saturated carbocycles. The Kier molecular flexibility index (Phi) is 7.85. The summed E-state index contributed by atoms with van der Waals surface area (Å²) in [6.07, 6.45) is 3.08. The average Bonchev–Trinajstić information content (AvgIpc) is 3.81. The number of hydrogen-bond acceptors (Lipinski definition) is 7. The second-order valence-electron chi connectivity index (χ2n) is 11.6. The summed E-state index contributed by atoms with van der Waals surface area (Å²) in [6, 6.07) is 11.4. The van der Waals surface area contributed by atoms with Crippen molar-refractivity contribution in [3.8, 4) is 39.5 Å². The van der Waals surface area contributed by atoms with Gasteiger partial charge in [-0.1, -0.05) is 12.6 Å².